The summed E-state index contributed by atoms with van der Waals surface area (Å²) >= 11 is 0. The molecule has 1 aliphatic rings. The Hall–Kier alpha value is -4.59. The zero-order chi connectivity index (χ0) is 25.8. The molecule has 8 nitrogen and oxygen atoms in total. The third kappa shape index (κ3) is 4.53. The second kappa shape index (κ2) is 10.4. The fourth-order valence-corrected chi connectivity index (χ4v) is 4.11. The van der Waals surface area contributed by atoms with E-state index in [0.29, 0.717) is 40.5 Å². The van der Waals surface area contributed by atoms with Crippen molar-refractivity contribution >= 4 is 29.1 Å². The molecule has 3 aromatic carbocycles. The maximum Gasteiger partial charge on any atom is 0.337 e. The normalized spacial score (nSPS) is 16.6. The summed E-state index contributed by atoms with van der Waals surface area (Å²) in [6.07, 6.45) is 0. The van der Waals surface area contributed by atoms with E-state index in [2.05, 4.69) is 0 Å². The average Bonchev–Trinajstić information content (AvgIpc) is 3.18. The minimum atomic E-state index is -0.911. The summed E-state index contributed by atoms with van der Waals surface area (Å²) in [6, 6.07) is 18.8. The predicted molar refractivity (Wildman–Crippen MR) is 133 cm³/mol. The topological polar surface area (TPSA) is 102 Å². The Morgan fingerprint density at radius 1 is 0.861 bits per heavy atom. The second-order valence-corrected chi connectivity index (χ2v) is 7.94. The highest BCUT2D eigenvalue weighted by molar-refractivity contribution is 6.51. The van der Waals surface area contributed by atoms with Gasteiger partial charge in [-0.25, -0.2) is 4.79 Å². The Morgan fingerprint density at radius 2 is 1.44 bits per heavy atom. The number of rotatable bonds is 7. The van der Waals surface area contributed by atoms with Gasteiger partial charge in [0.05, 0.1) is 38.0 Å². The standard InChI is InChI=1S/C28H25NO7/c1-4-36-22-15-9-18(10-16-22)25(30)23-24(17-7-13-21(34-2)14-8-17)29(27(32)26(23)31)20-11-5-19(6-12-20)28(33)35-3/h5-16,24,30H,4H2,1-3H3/b25-23+. The summed E-state index contributed by atoms with van der Waals surface area (Å²) in [6.45, 7) is 2.35. The van der Waals surface area contributed by atoms with Gasteiger partial charge in [-0.1, -0.05) is 12.1 Å². The van der Waals surface area contributed by atoms with Crippen molar-refractivity contribution in [3.63, 3.8) is 0 Å². The number of benzene rings is 3. The van der Waals surface area contributed by atoms with Crippen LogP contribution in [0, 0.1) is 0 Å². The highest BCUT2D eigenvalue weighted by Gasteiger charge is 2.47. The fraction of sp³-hybridized carbons (Fsp3) is 0.179. The molecule has 0 radical (unpaired) electrons. The number of amides is 1. The van der Waals surface area contributed by atoms with E-state index in [1.54, 1.807) is 60.7 Å². The highest BCUT2D eigenvalue weighted by Crippen LogP contribution is 2.42. The van der Waals surface area contributed by atoms with Crippen molar-refractivity contribution in [1.29, 1.82) is 0 Å². The summed E-state index contributed by atoms with van der Waals surface area (Å²) in [5.41, 5.74) is 1.60. The molecule has 4 rings (SSSR count). The molecule has 0 bridgehead atoms. The SMILES string of the molecule is CCOc1ccc(/C(O)=C2\C(=O)C(=O)N(c3ccc(C(=O)OC)cc3)C2c2ccc(OC)cc2)cc1. The number of methoxy groups -OCH3 is 2. The number of carbonyl (C=O) groups excluding carboxylic acids is 3. The van der Waals surface area contributed by atoms with Gasteiger partial charge >= 0.3 is 5.97 Å². The quantitative estimate of drug-likeness (QED) is 0.226. The Labute approximate surface area is 208 Å². The number of esters is 1. The third-order valence-electron chi connectivity index (χ3n) is 5.88. The Balaban J connectivity index is 1.85. The Kier molecular flexibility index (Phi) is 7.05. The van der Waals surface area contributed by atoms with Gasteiger partial charge in [-0.3, -0.25) is 14.5 Å². The van der Waals surface area contributed by atoms with Gasteiger partial charge in [0.1, 0.15) is 17.3 Å². The molecule has 1 fully saturated rings. The molecule has 1 aliphatic heterocycles. The number of Topliss-reactive ketones (excluding diaryl/α,β-unsaturated/α-hetero) is 1. The van der Waals surface area contributed by atoms with Crippen molar-refractivity contribution in [1.82, 2.24) is 0 Å². The van der Waals surface area contributed by atoms with E-state index in [1.807, 2.05) is 6.92 Å². The van der Waals surface area contributed by atoms with Crippen molar-refractivity contribution < 1.29 is 33.7 Å². The van der Waals surface area contributed by atoms with Gasteiger partial charge in [-0.05, 0) is 73.2 Å². The zero-order valence-corrected chi connectivity index (χ0v) is 20.1. The maximum absolute atomic E-state index is 13.3. The van der Waals surface area contributed by atoms with E-state index in [-0.39, 0.29) is 11.3 Å². The van der Waals surface area contributed by atoms with Crippen LogP contribution in [0.3, 0.4) is 0 Å². The molecule has 0 aliphatic carbocycles. The number of aliphatic hydroxyl groups excluding tert-OH is 1. The Morgan fingerprint density at radius 3 is 2.00 bits per heavy atom. The van der Waals surface area contributed by atoms with Crippen molar-refractivity contribution in [2.75, 3.05) is 25.7 Å². The molecule has 1 unspecified atom stereocenters. The number of ketones is 1. The van der Waals surface area contributed by atoms with E-state index < -0.39 is 23.7 Å². The first-order valence-corrected chi connectivity index (χ1v) is 11.3. The zero-order valence-electron chi connectivity index (χ0n) is 20.1. The lowest BCUT2D eigenvalue weighted by Gasteiger charge is -2.25. The van der Waals surface area contributed by atoms with Crippen LogP contribution in [-0.4, -0.2) is 43.6 Å². The first-order valence-electron chi connectivity index (χ1n) is 11.3. The number of hydrogen-bond donors (Lipinski definition) is 1. The Bertz CT molecular complexity index is 1310. The minimum absolute atomic E-state index is 0.0497. The largest absolute Gasteiger partial charge is 0.507 e. The van der Waals surface area contributed by atoms with Crippen molar-refractivity contribution in [2.24, 2.45) is 0 Å². The lowest BCUT2D eigenvalue weighted by atomic mass is 9.95. The summed E-state index contributed by atoms with van der Waals surface area (Å²) in [4.78, 5) is 39.7. The van der Waals surface area contributed by atoms with E-state index in [4.69, 9.17) is 14.2 Å². The number of aliphatic hydroxyl groups is 1. The van der Waals surface area contributed by atoms with Gasteiger partial charge in [0.25, 0.3) is 11.7 Å². The van der Waals surface area contributed by atoms with Crippen LogP contribution in [-0.2, 0) is 14.3 Å². The predicted octanol–water partition coefficient (Wildman–Crippen LogP) is 4.51. The van der Waals surface area contributed by atoms with Gasteiger partial charge in [-0.2, -0.15) is 0 Å². The molecule has 3 aromatic rings. The molecule has 0 saturated carbocycles. The van der Waals surface area contributed by atoms with Gasteiger partial charge in [0.2, 0.25) is 0 Å². The molecule has 0 spiro atoms. The first-order chi connectivity index (χ1) is 17.4. The molecule has 8 heteroatoms. The first kappa shape index (κ1) is 24.5. The van der Waals surface area contributed by atoms with E-state index in [0.717, 1.165) is 0 Å². The number of nitrogens with zero attached hydrogens (tertiary/aromatic N) is 1. The molecule has 1 atom stereocenters. The van der Waals surface area contributed by atoms with Crippen molar-refractivity contribution in [3.8, 4) is 11.5 Å². The molecule has 0 aromatic heterocycles. The van der Waals surface area contributed by atoms with Crippen LogP contribution in [0.15, 0.2) is 78.4 Å². The van der Waals surface area contributed by atoms with Crippen LogP contribution < -0.4 is 14.4 Å². The van der Waals surface area contributed by atoms with Gasteiger partial charge in [0, 0.05) is 11.3 Å². The van der Waals surface area contributed by atoms with Crippen molar-refractivity contribution in [3.05, 3.63) is 95.1 Å². The van der Waals surface area contributed by atoms with Crippen LogP contribution in [0.2, 0.25) is 0 Å². The molecule has 1 amide bonds. The molecular formula is C28H25NO7. The van der Waals surface area contributed by atoms with Gasteiger partial charge in [0.15, 0.2) is 0 Å². The van der Waals surface area contributed by atoms with E-state index in [9.17, 15) is 19.5 Å². The molecule has 1 heterocycles. The molecule has 1 N–H and O–H groups in total. The molecule has 184 valence electrons. The summed E-state index contributed by atoms with van der Waals surface area (Å²) in [7, 11) is 2.81. The van der Waals surface area contributed by atoms with Crippen LogP contribution in [0.5, 0.6) is 11.5 Å². The fourth-order valence-electron chi connectivity index (χ4n) is 4.11. The maximum atomic E-state index is 13.3. The van der Waals surface area contributed by atoms with Crippen LogP contribution in [0.4, 0.5) is 5.69 Å². The molecular weight excluding hydrogens is 462 g/mol. The van der Waals surface area contributed by atoms with Crippen LogP contribution >= 0.6 is 0 Å². The van der Waals surface area contributed by atoms with Crippen LogP contribution in [0.1, 0.15) is 34.5 Å². The summed E-state index contributed by atoms with van der Waals surface area (Å²) in [5, 5.41) is 11.2. The summed E-state index contributed by atoms with van der Waals surface area (Å²) < 4.78 is 15.4. The summed E-state index contributed by atoms with van der Waals surface area (Å²) in [5.74, 6) is -1.22. The average molecular weight is 488 g/mol. The number of hydrogen-bond acceptors (Lipinski definition) is 7. The number of anilines is 1. The van der Waals surface area contributed by atoms with E-state index in [1.165, 1.54) is 31.3 Å². The third-order valence-corrected chi connectivity index (χ3v) is 5.88. The lowest BCUT2D eigenvalue weighted by molar-refractivity contribution is -0.132. The van der Waals surface area contributed by atoms with Gasteiger partial charge < -0.3 is 19.3 Å². The van der Waals surface area contributed by atoms with Gasteiger partial charge in [-0.15, -0.1) is 0 Å². The smallest absolute Gasteiger partial charge is 0.337 e. The minimum Gasteiger partial charge on any atom is -0.507 e. The molecule has 36 heavy (non-hydrogen) atoms. The van der Waals surface area contributed by atoms with Crippen LogP contribution in [0.25, 0.3) is 5.76 Å². The second-order valence-electron chi connectivity index (χ2n) is 7.94. The lowest BCUT2D eigenvalue weighted by Crippen LogP contribution is -2.29. The molecule has 1 saturated heterocycles. The van der Waals surface area contributed by atoms with Crippen molar-refractivity contribution in [2.45, 2.75) is 13.0 Å². The highest BCUT2D eigenvalue weighted by atomic mass is 16.5. The monoisotopic (exact) mass is 487 g/mol. The van der Waals surface area contributed by atoms with E-state index >= 15 is 0 Å². The number of ether oxygens (including phenoxy) is 3. The number of carbonyl (C=O) groups is 3.